The van der Waals surface area contributed by atoms with Gasteiger partial charge in [-0.15, -0.1) is 0 Å². The molecule has 12 rings (SSSR count). The zero-order valence-electron chi connectivity index (χ0n) is 33.1. The number of benzene rings is 10. The molecule has 0 fully saturated rings. The van der Waals surface area contributed by atoms with Gasteiger partial charge in [-0.2, -0.15) is 0 Å². The monoisotopic (exact) mass is 779 g/mol. The van der Waals surface area contributed by atoms with Crippen molar-refractivity contribution in [1.29, 1.82) is 0 Å². The van der Waals surface area contributed by atoms with Crippen molar-refractivity contribution < 1.29 is 8.83 Å². The summed E-state index contributed by atoms with van der Waals surface area (Å²) in [6.45, 7) is 0. The van der Waals surface area contributed by atoms with E-state index in [1.807, 2.05) is 24.3 Å². The van der Waals surface area contributed by atoms with Crippen LogP contribution in [-0.4, -0.2) is 0 Å². The Morgan fingerprint density at radius 3 is 1.69 bits per heavy atom. The third-order valence-corrected chi connectivity index (χ3v) is 12.1. The van der Waals surface area contributed by atoms with Gasteiger partial charge in [0.2, 0.25) is 0 Å². The molecular formula is C58H37NO2. The van der Waals surface area contributed by atoms with E-state index in [2.05, 4.69) is 205 Å². The number of para-hydroxylation sites is 4. The van der Waals surface area contributed by atoms with Crippen molar-refractivity contribution in [3.05, 3.63) is 224 Å². The summed E-state index contributed by atoms with van der Waals surface area (Å²) >= 11 is 0. The standard InChI is InChI=1S/C58H37NO2/c1-2-16-46-39(12-1)13-10-20-47(46)40-28-26-38(27-29-40)42-14-9-15-45(36-42)59(44-33-30-41(31-34-44)49-21-11-22-52-50-18-4-8-25-56(50)61-58(49)52)54-23-6-3-17-48(54)43-32-35-57-53(37-43)51-19-5-7-24-55(51)60-57/h1-37H. The predicted molar refractivity (Wildman–Crippen MR) is 255 cm³/mol. The molecule has 0 amide bonds. The summed E-state index contributed by atoms with van der Waals surface area (Å²) in [5.41, 5.74) is 15.9. The van der Waals surface area contributed by atoms with E-state index in [1.54, 1.807) is 0 Å². The first-order valence-electron chi connectivity index (χ1n) is 20.7. The lowest BCUT2D eigenvalue weighted by Crippen LogP contribution is -2.11. The first-order valence-corrected chi connectivity index (χ1v) is 20.7. The van der Waals surface area contributed by atoms with Crippen molar-refractivity contribution in [2.24, 2.45) is 0 Å². The minimum absolute atomic E-state index is 0.883. The second kappa shape index (κ2) is 14.3. The second-order valence-electron chi connectivity index (χ2n) is 15.6. The minimum atomic E-state index is 0.883. The van der Waals surface area contributed by atoms with Crippen LogP contribution in [0, 0.1) is 0 Å². The van der Waals surface area contributed by atoms with Crippen molar-refractivity contribution in [3.8, 4) is 44.5 Å². The largest absolute Gasteiger partial charge is 0.456 e. The lowest BCUT2D eigenvalue weighted by molar-refractivity contribution is 0.669. The van der Waals surface area contributed by atoms with Crippen molar-refractivity contribution in [3.63, 3.8) is 0 Å². The fraction of sp³-hybridized carbons (Fsp3) is 0. The summed E-state index contributed by atoms with van der Waals surface area (Å²) in [5, 5.41) is 6.97. The van der Waals surface area contributed by atoms with Crippen LogP contribution in [0.25, 0.3) is 99.2 Å². The number of fused-ring (bicyclic) bond motifs is 7. The topological polar surface area (TPSA) is 29.5 Å². The van der Waals surface area contributed by atoms with Crippen LogP contribution in [0.4, 0.5) is 17.1 Å². The van der Waals surface area contributed by atoms with Crippen LogP contribution < -0.4 is 4.90 Å². The SMILES string of the molecule is c1cc(-c2ccc(-c3cccc4ccccc34)cc2)cc(N(c2ccc(-c3cccc4c3oc3ccccc34)cc2)c2ccccc2-c2ccc3oc4ccccc4c3c2)c1. The van der Waals surface area contributed by atoms with Crippen LogP contribution in [0.3, 0.4) is 0 Å². The van der Waals surface area contributed by atoms with Gasteiger partial charge >= 0.3 is 0 Å². The van der Waals surface area contributed by atoms with Gasteiger partial charge in [0, 0.05) is 44.0 Å². The van der Waals surface area contributed by atoms with Gasteiger partial charge in [-0.25, -0.2) is 0 Å². The molecule has 3 nitrogen and oxygen atoms in total. The maximum Gasteiger partial charge on any atom is 0.143 e. The predicted octanol–water partition coefficient (Wildman–Crippen LogP) is 16.8. The highest BCUT2D eigenvalue weighted by Crippen LogP contribution is 2.44. The van der Waals surface area contributed by atoms with E-state index in [-0.39, 0.29) is 0 Å². The van der Waals surface area contributed by atoms with Gasteiger partial charge in [-0.05, 0) is 98.8 Å². The zero-order valence-corrected chi connectivity index (χ0v) is 33.1. The number of hydrogen-bond donors (Lipinski definition) is 0. The third kappa shape index (κ3) is 5.98. The van der Waals surface area contributed by atoms with Gasteiger partial charge in [0.05, 0.1) is 5.69 Å². The molecule has 0 aliphatic carbocycles. The van der Waals surface area contributed by atoms with E-state index < -0.39 is 0 Å². The molecule has 0 N–H and O–H groups in total. The molecule has 0 saturated carbocycles. The number of furan rings is 2. The molecule has 0 aliphatic heterocycles. The third-order valence-electron chi connectivity index (χ3n) is 12.1. The van der Waals surface area contributed by atoms with Gasteiger partial charge in [0.25, 0.3) is 0 Å². The van der Waals surface area contributed by atoms with Gasteiger partial charge in [-0.3, -0.25) is 0 Å². The first-order chi connectivity index (χ1) is 30.2. The maximum absolute atomic E-state index is 6.46. The molecule has 0 unspecified atom stereocenters. The molecule has 0 atom stereocenters. The highest BCUT2D eigenvalue weighted by atomic mass is 16.3. The number of rotatable bonds is 7. The molecule has 286 valence electrons. The molecule has 2 heterocycles. The Kier molecular flexibility index (Phi) is 8.17. The van der Waals surface area contributed by atoms with Crippen molar-refractivity contribution >= 4 is 71.7 Å². The second-order valence-corrected chi connectivity index (χ2v) is 15.6. The van der Waals surface area contributed by atoms with Gasteiger partial charge in [0.1, 0.15) is 22.3 Å². The van der Waals surface area contributed by atoms with Crippen molar-refractivity contribution in [2.75, 3.05) is 4.90 Å². The van der Waals surface area contributed by atoms with Crippen LogP contribution >= 0.6 is 0 Å². The highest BCUT2D eigenvalue weighted by molar-refractivity contribution is 6.10. The fourth-order valence-corrected chi connectivity index (χ4v) is 9.14. The summed E-state index contributed by atoms with van der Waals surface area (Å²) in [5.74, 6) is 0. The van der Waals surface area contributed by atoms with Crippen LogP contribution in [0.15, 0.2) is 233 Å². The lowest BCUT2D eigenvalue weighted by atomic mass is 9.96. The molecule has 10 aromatic carbocycles. The van der Waals surface area contributed by atoms with E-state index in [1.165, 1.54) is 21.9 Å². The summed E-state index contributed by atoms with van der Waals surface area (Å²) in [4.78, 5) is 2.38. The van der Waals surface area contributed by atoms with E-state index >= 15 is 0 Å². The van der Waals surface area contributed by atoms with Gasteiger partial charge in [0.15, 0.2) is 0 Å². The number of hydrogen-bond acceptors (Lipinski definition) is 3. The highest BCUT2D eigenvalue weighted by Gasteiger charge is 2.20. The molecule has 0 aliphatic rings. The summed E-state index contributed by atoms with van der Waals surface area (Å²) < 4.78 is 12.7. The van der Waals surface area contributed by atoms with Crippen LogP contribution in [0.1, 0.15) is 0 Å². The normalized spacial score (nSPS) is 11.6. The Bertz CT molecular complexity index is 3590. The van der Waals surface area contributed by atoms with Crippen molar-refractivity contribution in [2.45, 2.75) is 0 Å². The maximum atomic E-state index is 6.46. The quantitative estimate of drug-likeness (QED) is 0.161. The Labute approximate surface area is 353 Å². The molecule has 3 heteroatoms. The molecule has 0 radical (unpaired) electrons. The number of anilines is 3. The zero-order chi connectivity index (χ0) is 40.3. The number of nitrogens with zero attached hydrogens (tertiary/aromatic N) is 1. The average Bonchev–Trinajstić information content (AvgIpc) is 3.90. The van der Waals surface area contributed by atoms with Crippen LogP contribution in [0.2, 0.25) is 0 Å². The Balaban J connectivity index is 0.985. The lowest BCUT2D eigenvalue weighted by Gasteiger charge is -2.28. The molecule has 2 aromatic heterocycles. The van der Waals surface area contributed by atoms with E-state index in [4.69, 9.17) is 8.83 Å². The Morgan fingerprint density at radius 1 is 0.279 bits per heavy atom. The van der Waals surface area contributed by atoms with E-state index in [0.717, 1.165) is 94.3 Å². The van der Waals surface area contributed by atoms with Crippen molar-refractivity contribution in [1.82, 2.24) is 0 Å². The average molecular weight is 780 g/mol. The summed E-state index contributed by atoms with van der Waals surface area (Å²) in [7, 11) is 0. The van der Waals surface area contributed by atoms with Crippen LogP contribution in [0.5, 0.6) is 0 Å². The molecule has 61 heavy (non-hydrogen) atoms. The minimum Gasteiger partial charge on any atom is -0.456 e. The molecule has 12 aromatic rings. The fourth-order valence-electron chi connectivity index (χ4n) is 9.14. The smallest absolute Gasteiger partial charge is 0.143 e. The van der Waals surface area contributed by atoms with Crippen LogP contribution in [-0.2, 0) is 0 Å². The molecule has 0 spiro atoms. The Hall–Kier alpha value is -8.14. The Morgan fingerprint density at radius 2 is 0.836 bits per heavy atom. The van der Waals surface area contributed by atoms with E-state index in [0.29, 0.717) is 0 Å². The molecule has 0 bridgehead atoms. The van der Waals surface area contributed by atoms with Gasteiger partial charge in [-0.1, -0.05) is 170 Å². The summed E-state index contributed by atoms with van der Waals surface area (Å²) in [6.07, 6.45) is 0. The molecular weight excluding hydrogens is 743 g/mol. The van der Waals surface area contributed by atoms with E-state index in [9.17, 15) is 0 Å². The first kappa shape index (κ1) is 34.9. The summed E-state index contributed by atoms with van der Waals surface area (Å²) in [6, 6.07) is 80.0. The van der Waals surface area contributed by atoms with Gasteiger partial charge < -0.3 is 13.7 Å². The molecule has 0 saturated heterocycles.